The van der Waals surface area contributed by atoms with E-state index in [9.17, 15) is 0 Å². The predicted molar refractivity (Wildman–Crippen MR) is 105 cm³/mol. The quantitative estimate of drug-likeness (QED) is 0.713. The Morgan fingerprint density at radius 1 is 1.07 bits per heavy atom. The minimum absolute atomic E-state index is 0.631. The van der Waals surface area contributed by atoms with Crippen molar-refractivity contribution in [3.8, 4) is 0 Å². The van der Waals surface area contributed by atoms with Crippen LogP contribution in [0.25, 0.3) is 11.0 Å². The number of aromatic amines is 1. The molecule has 0 aliphatic carbocycles. The van der Waals surface area contributed by atoms with Crippen molar-refractivity contribution in [2.75, 3.05) is 56.2 Å². The number of para-hydroxylation sites is 1. The third-order valence-corrected chi connectivity index (χ3v) is 5.19. The maximum Gasteiger partial charge on any atom is 0.226 e. The molecular weight excluding hydrogens is 342 g/mol. The Bertz CT molecular complexity index is 920. The number of aromatic nitrogens is 4. The number of rotatable bonds is 5. The Morgan fingerprint density at radius 2 is 1.93 bits per heavy atom. The summed E-state index contributed by atoms with van der Waals surface area (Å²) in [6, 6.07) is 10.4. The van der Waals surface area contributed by atoms with E-state index in [2.05, 4.69) is 54.6 Å². The topological polar surface area (TPSA) is 82.2 Å². The van der Waals surface area contributed by atoms with Crippen molar-refractivity contribution in [3.05, 3.63) is 36.0 Å². The van der Waals surface area contributed by atoms with Crippen LogP contribution in [0.3, 0.4) is 0 Å². The SMILES string of the molecule is c1ccc(N2CCc3[nH]nc4nc(NCCN5CCOCC5)nc2c34)cc1. The van der Waals surface area contributed by atoms with Crippen LogP contribution in [0.5, 0.6) is 0 Å². The van der Waals surface area contributed by atoms with Crippen LogP contribution in [0, 0.1) is 0 Å². The van der Waals surface area contributed by atoms with Gasteiger partial charge in [-0.2, -0.15) is 15.1 Å². The molecule has 1 aromatic carbocycles. The van der Waals surface area contributed by atoms with E-state index in [4.69, 9.17) is 9.72 Å². The molecule has 27 heavy (non-hydrogen) atoms. The summed E-state index contributed by atoms with van der Waals surface area (Å²) in [5.41, 5.74) is 2.99. The van der Waals surface area contributed by atoms with Crippen molar-refractivity contribution in [3.63, 3.8) is 0 Å². The molecular formula is C19H23N7O. The van der Waals surface area contributed by atoms with Crippen molar-refractivity contribution >= 4 is 28.5 Å². The number of ether oxygens (including phenoxy) is 1. The number of nitrogens with one attached hydrogen (secondary N) is 2. The van der Waals surface area contributed by atoms with Crippen molar-refractivity contribution in [2.45, 2.75) is 6.42 Å². The lowest BCUT2D eigenvalue weighted by Gasteiger charge is -2.28. The van der Waals surface area contributed by atoms with E-state index in [1.807, 2.05) is 6.07 Å². The highest BCUT2D eigenvalue weighted by Crippen LogP contribution is 2.35. The molecule has 1 saturated heterocycles. The molecule has 8 nitrogen and oxygen atoms in total. The molecule has 3 aromatic rings. The first kappa shape index (κ1) is 16.5. The number of benzene rings is 1. The standard InChI is InChI=1S/C19H23N7O/c1-2-4-14(5-3-1)26-8-6-15-16-17(24-23-15)21-19(22-18(16)26)20-7-9-25-10-12-27-13-11-25/h1-5H,6-13H2,(H2,20,21,22,23,24). The molecule has 0 amide bonds. The summed E-state index contributed by atoms with van der Waals surface area (Å²) < 4.78 is 5.40. The first-order valence-electron chi connectivity index (χ1n) is 9.50. The lowest BCUT2D eigenvalue weighted by molar-refractivity contribution is 0.0398. The van der Waals surface area contributed by atoms with Crippen LogP contribution in [0.2, 0.25) is 0 Å². The van der Waals surface area contributed by atoms with Gasteiger partial charge in [-0.15, -0.1) is 0 Å². The summed E-state index contributed by atoms with van der Waals surface area (Å²) in [6.45, 7) is 6.22. The largest absolute Gasteiger partial charge is 0.379 e. The van der Waals surface area contributed by atoms with E-state index in [1.165, 1.54) is 0 Å². The van der Waals surface area contributed by atoms with Gasteiger partial charge in [0, 0.05) is 44.8 Å². The van der Waals surface area contributed by atoms with Crippen molar-refractivity contribution in [1.82, 2.24) is 25.1 Å². The third-order valence-electron chi connectivity index (χ3n) is 5.19. The second kappa shape index (κ2) is 7.13. The first-order valence-corrected chi connectivity index (χ1v) is 9.50. The second-order valence-electron chi connectivity index (χ2n) is 6.89. The predicted octanol–water partition coefficient (Wildman–Crippen LogP) is 1.79. The van der Waals surface area contributed by atoms with Gasteiger partial charge in [0.1, 0.15) is 5.82 Å². The molecule has 0 bridgehead atoms. The molecule has 1 fully saturated rings. The zero-order chi connectivity index (χ0) is 18.1. The molecule has 8 heteroatoms. The molecule has 2 aliphatic rings. The van der Waals surface area contributed by atoms with Gasteiger partial charge in [0.15, 0.2) is 5.65 Å². The fourth-order valence-corrected chi connectivity index (χ4v) is 3.76. The lowest BCUT2D eigenvalue weighted by Crippen LogP contribution is -2.39. The number of nitrogens with zero attached hydrogens (tertiary/aromatic N) is 5. The van der Waals surface area contributed by atoms with Crippen LogP contribution in [-0.2, 0) is 11.2 Å². The van der Waals surface area contributed by atoms with Gasteiger partial charge in [0.2, 0.25) is 5.95 Å². The van der Waals surface area contributed by atoms with Gasteiger partial charge in [-0.05, 0) is 12.1 Å². The van der Waals surface area contributed by atoms with E-state index in [0.717, 1.165) is 80.6 Å². The van der Waals surface area contributed by atoms with Gasteiger partial charge in [-0.25, -0.2) is 0 Å². The van der Waals surface area contributed by atoms with Crippen LogP contribution in [-0.4, -0.2) is 71.0 Å². The van der Waals surface area contributed by atoms with Gasteiger partial charge in [-0.3, -0.25) is 10.00 Å². The zero-order valence-electron chi connectivity index (χ0n) is 15.2. The zero-order valence-corrected chi connectivity index (χ0v) is 15.2. The van der Waals surface area contributed by atoms with Gasteiger partial charge >= 0.3 is 0 Å². The maximum atomic E-state index is 5.40. The summed E-state index contributed by atoms with van der Waals surface area (Å²) >= 11 is 0. The molecule has 140 valence electrons. The molecule has 2 aromatic heterocycles. The van der Waals surface area contributed by atoms with Crippen molar-refractivity contribution < 1.29 is 4.74 Å². The number of hydrogen-bond acceptors (Lipinski definition) is 7. The van der Waals surface area contributed by atoms with E-state index in [1.54, 1.807) is 0 Å². The monoisotopic (exact) mass is 365 g/mol. The average molecular weight is 365 g/mol. The van der Waals surface area contributed by atoms with E-state index in [0.29, 0.717) is 5.95 Å². The minimum atomic E-state index is 0.631. The Kier molecular flexibility index (Phi) is 4.35. The fourth-order valence-electron chi connectivity index (χ4n) is 3.76. The molecule has 2 N–H and O–H groups in total. The Labute approximate surface area is 157 Å². The number of hydrogen-bond donors (Lipinski definition) is 2. The highest BCUT2D eigenvalue weighted by Gasteiger charge is 2.25. The minimum Gasteiger partial charge on any atom is -0.379 e. The van der Waals surface area contributed by atoms with E-state index >= 15 is 0 Å². The Balaban J connectivity index is 1.40. The highest BCUT2D eigenvalue weighted by atomic mass is 16.5. The fraction of sp³-hybridized carbons (Fsp3) is 0.421. The van der Waals surface area contributed by atoms with Crippen LogP contribution >= 0.6 is 0 Å². The summed E-state index contributed by atoms with van der Waals surface area (Å²) in [7, 11) is 0. The lowest BCUT2D eigenvalue weighted by atomic mass is 10.1. The molecule has 4 heterocycles. The molecule has 5 rings (SSSR count). The highest BCUT2D eigenvalue weighted by molar-refractivity contribution is 5.94. The number of morpholine rings is 1. The molecule has 0 unspecified atom stereocenters. The van der Waals surface area contributed by atoms with Crippen LogP contribution in [0.4, 0.5) is 17.5 Å². The van der Waals surface area contributed by atoms with Gasteiger partial charge in [0.05, 0.1) is 24.3 Å². The second-order valence-corrected chi connectivity index (χ2v) is 6.89. The summed E-state index contributed by atoms with van der Waals surface area (Å²) in [6.07, 6.45) is 0.908. The van der Waals surface area contributed by atoms with Crippen molar-refractivity contribution in [2.24, 2.45) is 0 Å². The maximum absolute atomic E-state index is 5.40. The number of anilines is 3. The first-order chi connectivity index (χ1) is 13.4. The summed E-state index contributed by atoms with van der Waals surface area (Å²) in [5.74, 6) is 1.56. The van der Waals surface area contributed by atoms with E-state index < -0.39 is 0 Å². The van der Waals surface area contributed by atoms with Crippen LogP contribution < -0.4 is 10.2 Å². The normalized spacial score (nSPS) is 17.4. The van der Waals surface area contributed by atoms with Crippen LogP contribution in [0.15, 0.2) is 30.3 Å². The molecule has 0 atom stereocenters. The van der Waals surface area contributed by atoms with Gasteiger partial charge < -0.3 is 15.0 Å². The molecule has 0 saturated carbocycles. The molecule has 2 aliphatic heterocycles. The smallest absolute Gasteiger partial charge is 0.226 e. The molecule has 0 radical (unpaired) electrons. The van der Waals surface area contributed by atoms with Crippen LogP contribution in [0.1, 0.15) is 5.69 Å². The average Bonchev–Trinajstić information content (AvgIpc) is 3.14. The Morgan fingerprint density at radius 3 is 2.78 bits per heavy atom. The summed E-state index contributed by atoms with van der Waals surface area (Å²) in [5, 5.41) is 12.0. The number of H-pyrrole nitrogens is 1. The third kappa shape index (κ3) is 3.22. The van der Waals surface area contributed by atoms with Crippen molar-refractivity contribution in [1.29, 1.82) is 0 Å². The van der Waals surface area contributed by atoms with Gasteiger partial charge in [0.25, 0.3) is 0 Å². The van der Waals surface area contributed by atoms with Gasteiger partial charge in [-0.1, -0.05) is 18.2 Å². The molecule has 0 spiro atoms. The Hall–Kier alpha value is -2.71. The van der Waals surface area contributed by atoms with E-state index in [-0.39, 0.29) is 0 Å². The summed E-state index contributed by atoms with van der Waals surface area (Å²) in [4.78, 5) is 14.1.